The quantitative estimate of drug-likeness (QED) is 0.736. The zero-order valence-electron chi connectivity index (χ0n) is 12.1. The number of anilines is 1. The monoisotopic (exact) mass is 346 g/mol. The van der Waals surface area contributed by atoms with Crippen LogP contribution in [0.2, 0.25) is 5.28 Å². The molecule has 120 valence electrons. The first-order valence-corrected chi connectivity index (χ1v) is 8.09. The molecule has 1 amide bonds. The highest BCUT2D eigenvalue weighted by atomic mass is 35.5. The zero-order chi connectivity index (χ0) is 16.7. The van der Waals surface area contributed by atoms with E-state index in [1.54, 1.807) is 0 Å². The van der Waals surface area contributed by atoms with Gasteiger partial charge in [0, 0.05) is 7.05 Å². The van der Waals surface area contributed by atoms with Crippen LogP contribution in [0.3, 0.4) is 0 Å². The fraction of sp³-hybridized carbons (Fsp3) is 0.364. The summed E-state index contributed by atoms with van der Waals surface area (Å²) in [5.41, 5.74) is 5.52. The van der Waals surface area contributed by atoms with Gasteiger partial charge in [0.1, 0.15) is 5.69 Å². The Balaban J connectivity index is 2.52. The highest BCUT2D eigenvalue weighted by Crippen LogP contribution is 2.28. The van der Waals surface area contributed by atoms with Crippen molar-refractivity contribution in [3.63, 3.8) is 0 Å². The number of aromatic nitrogens is 4. The second-order valence-electron chi connectivity index (χ2n) is 4.91. The molecule has 2 rings (SSSR count). The number of H-pyrrole nitrogens is 1. The van der Waals surface area contributed by atoms with Gasteiger partial charge in [-0.05, 0) is 17.5 Å². The Hall–Kier alpha value is -2.07. The van der Waals surface area contributed by atoms with Crippen LogP contribution in [0.4, 0.5) is 5.69 Å². The van der Waals surface area contributed by atoms with E-state index in [0.29, 0.717) is 5.69 Å². The van der Waals surface area contributed by atoms with E-state index in [1.165, 1.54) is 11.6 Å². The summed E-state index contributed by atoms with van der Waals surface area (Å²) in [5.74, 6) is -0.947. The van der Waals surface area contributed by atoms with E-state index in [9.17, 15) is 13.2 Å². The van der Waals surface area contributed by atoms with E-state index in [1.807, 2.05) is 13.8 Å². The van der Waals surface area contributed by atoms with Gasteiger partial charge in [0.25, 0.3) is 15.9 Å². The van der Waals surface area contributed by atoms with Gasteiger partial charge in [0.2, 0.25) is 5.28 Å². The molecule has 0 spiro atoms. The Morgan fingerprint density at radius 2 is 2.14 bits per heavy atom. The molecule has 0 aliphatic rings. The molecule has 0 saturated carbocycles. The van der Waals surface area contributed by atoms with Gasteiger partial charge in [-0.15, -0.1) is 0 Å². The van der Waals surface area contributed by atoms with Crippen molar-refractivity contribution >= 4 is 33.2 Å². The van der Waals surface area contributed by atoms with Crippen molar-refractivity contribution in [3.8, 4) is 0 Å². The molecule has 11 heteroatoms. The van der Waals surface area contributed by atoms with Crippen molar-refractivity contribution in [1.82, 2.24) is 19.7 Å². The summed E-state index contributed by atoms with van der Waals surface area (Å²) in [4.78, 5) is 15.1. The van der Waals surface area contributed by atoms with Crippen LogP contribution in [0.15, 0.2) is 11.2 Å². The van der Waals surface area contributed by atoms with E-state index in [2.05, 4.69) is 19.9 Å². The maximum atomic E-state index is 12.5. The normalized spacial score (nSPS) is 11.9. The summed E-state index contributed by atoms with van der Waals surface area (Å²) >= 11 is 5.75. The first-order chi connectivity index (χ1) is 10.1. The van der Waals surface area contributed by atoms with Gasteiger partial charge in [-0.2, -0.15) is 13.5 Å². The van der Waals surface area contributed by atoms with Crippen molar-refractivity contribution in [3.05, 3.63) is 22.9 Å². The molecule has 0 aliphatic heterocycles. The third-order valence-corrected chi connectivity index (χ3v) is 4.76. The predicted octanol–water partition coefficient (Wildman–Crippen LogP) is 0.820. The Morgan fingerprint density at radius 1 is 1.50 bits per heavy atom. The molecule has 0 aromatic carbocycles. The van der Waals surface area contributed by atoms with Crippen LogP contribution in [0, 0.1) is 0 Å². The van der Waals surface area contributed by atoms with Crippen LogP contribution in [-0.2, 0) is 17.1 Å². The molecule has 22 heavy (non-hydrogen) atoms. The van der Waals surface area contributed by atoms with E-state index in [-0.39, 0.29) is 27.6 Å². The van der Waals surface area contributed by atoms with Crippen LogP contribution in [-0.4, -0.2) is 34.1 Å². The SMILES string of the molecule is CC(C)c1[nH]nc(C(N)=O)c1NS(=O)(=O)c1cnc(Cl)n1C. The molecule has 2 aromatic rings. The van der Waals surface area contributed by atoms with Crippen molar-refractivity contribution in [2.45, 2.75) is 24.8 Å². The summed E-state index contributed by atoms with van der Waals surface area (Å²) in [7, 11) is -2.55. The number of nitrogens with zero attached hydrogens (tertiary/aromatic N) is 3. The maximum absolute atomic E-state index is 12.5. The number of rotatable bonds is 5. The van der Waals surface area contributed by atoms with E-state index >= 15 is 0 Å². The smallest absolute Gasteiger partial charge is 0.279 e. The molecular weight excluding hydrogens is 332 g/mol. The Kier molecular flexibility index (Phi) is 4.16. The second-order valence-corrected chi connectivity index (χ2v) is 6.88. The van der Waals surface area contributed by atoms with Crippen molar-refractivity contribution < 1.29 is 13.2 Å². The highest BCUT2D eigenvalue weighted by Gasteiger charge is 2.27. The lowest BCUT2D eigenvalue weighted by molar-refractivity contribution is 0.0996. The average Bonchev–Trinajstić information content (AvgIpc) is 2.94. The molecule has 4 N–H and O–H groups in total. The number of aromatic amines is 1. The number of carbonyl (C=O) groups excluding carboxylic acids is 1. The molecule has 2 heterocycles. The summed E-state index contributed by atoms with van der Waals surface area (Å²) < 4.78 is 28.4. The molecule has 9 nitrogen and oxygen atoms in total. The fourth-order valence-electron chi connectivity index (χ4n) is 1.86. The first kappa shape index (κ1) is 16.3. The number of nitrogens with one attached hydrogen (secondary N) is 2. The van der Waals surface area contributed by atoms with Gasteiger partial charge in [0.05, 0.1) is 11.9 Å². The third-order valence-electron chi connectivity index (χ3n) is 3.01. The minimum atomic E-state index is -4.01. The highest BCUT2D eigenvalue weighted by molar-refractivity contribution is 7.92. The number of imidazole rings is 1. The number of carbonyl (C=O) groups is 1. The summed E-state index contributed by atoms with van der Waals surface area (Å²) in [6.45, 7) is 3.63. The van der Waals surface area contributed by atoms with Crippen molar-refractivity contribution in [1.29, 1.82) is 0 Å². The third kappa shape index (κ3) is 2.79. The molecule has 0 atom stereocenters. The number of primary amides is 1. The summed E-state index contributed by atoms with van der Waals surface area (Å²) in [6.07, 6.45) is 1.11. The Morgan fingerprint density at radius 3 is 2.59 bits per heavy atom. The largest absolute Gasteiger partial charge is 0.364 e. The molecule has 2 aromatic heterocycles. The van der Waals surface area contributed by atoms with Gasteiger partial charge in [-0.1, -0.05) is 13.8 Å². The van der Waals surface area contributed by atoms with Gasteiger partial charge < -0.3 is 10.3 Å². The fourth-order valence-corrected chi connectivity index (χ4v) is 3.27. The number of hydrogen-bond acceptors (Lipinski definition) is 5. The number of nitrogens with two attached hydrogens (primary N) is 1. The lowest BCUT2D eigenvalue weighted by Crippen LogP contribution is -2.20. The maximum Gasteiger partial charge on any atom is 0.279 e. The molecule has 0 aliphatic carbocycles. The molecule has 0 saturated heterocycles. The summed E-state index contributed by atoms with van der Waals surface area (Å²) in [6, 6.07) is 0. The second kappa shape index (κ2) is 5.61. The number of amides is 1. The molecule has 0 radical (unpaired) electrons. The van der Waals surface area contributed by atoms with E-state index < -0.39 is 15.9 Å². The van der Waals surface area contributed by atoms with Crippen molar-refractivity contribution in [2.24, 2.45) is 12.8 Å². The number of sulfonamides is 1. The average molecular weight is 347 g/mol. The van der Waals surface area contributed by atoms with E-state index in [4.69, 9.17) is 17.3 Å². The predicted molar refractivity (Wildman–Crippen MR) is 80.2 cm³/mol. The number of halogens is 1. The molecule has 0 unspecified atom stereocenters. The van der Waals surface area contributed by atoms with Gasteiger partial charge >= 0.3 is 0 Å². The minimum Gasteiger partial charge on any atom is -0.364 e. The molecular formula is C11H15ClN6O3S. The minimum absolute atomic E-state index is 0.0202. The van der Waals surface area contributed by atoms with Crippen LogP contribution in [0.25, 0.3) is 0 Å². The van der Waals surface area contributed by atoms with Gasteiger partial charge in [-0.25, -0.2) is 4.98 Å². The lowest BCUT2D eigenvalue weighted by Gasteiger charge is -2.11. The first-order valence-electron chi connectivity index (χ1n) is 6.23. The van der Waals surface area contributed by atoms with E-state index in [0.717, 1.165) is 6.20 Å². The topological polar surface area (TPSA) is 136 Å². The Bertz CT molecular complexity index is 823. The van der Waals surface area contributed by atoms with Gasteiger partial charge in [0.15, 0.2) is 10.7 Å². The summed E-state index contributed by atoms with van der Waals surface area (Å²) in [5, 5.41) is 6.26. The van der Waals surface area contributed by atoms with Gasteiger partial charge in [-0.3, -0.25) is 14.6 Å². The van der Waals surface area contributed by atoms with Crippen LogP contribution >= 0.6 is 11.6 Å². The zero-order valence-corrected chi connectivity index (χ0v) is 13.7. The van der Waals surface area contributed by atoms with Crippen molar-refractivity contribution in [2.75, 3.05) is 4.72 Å². The van der Waals surface area contributed by atoms with Crippen LogP contribution in [0.1, 0.15) is 35.9 Å². The number of hydrogen-bond donors (Lipinski definition) is 3. The van der Waals surface area contributed by atoms with Crippen LogP contribution < -0.4 is 10.5 Å². The van der Waals surface area contributed by atoms with Crippen LogP contribution in [0.5, 0.6) is 0 Å². The standard InChI is InChI=1S/C11H15ClN6O3S/c1-5(2)7-8(9(10(13)19)16-15-7)17-22(20,21)6-4-14-11(12)18(6)3/h4-5,17H,1-3H3,(H2,13,19)(H,15,16). The Labute approximate surface area is 131 Å². The molecule has 0 fully saturated rings. The lowest BCUT2D eigenvalue weighted by atomic mass is 10.1. The molecule has 0 bridgehead atoms.